The number of imidazole rings is 1. The van der Waals surface area contributed by atoms with Gasteiger partial charge in [0, 0.05) is 50.7 Å². The van der Waals surface area contributed by atoms with Crippen LogP contribution in [0.2, 0.25) is 0 Å². The van der Waals surface area contributed by atoms with Crippen LogP contribution in [0.3, 0.4) is 0 Å². The highest BCUT2D eigenvalue weighted by molar-refractivity contribution is 6.03. The molecular weight excluding hydrogens is 607 g/mol. The smallest absolute Gasteiger partial charge is 0.380 e. The van der Waals surface area contributed by atoms with Crippen molar-refractivity contribution in [3.63, 3.8) is 0 Å². The van der Waals surface area contributed by atoms with Crippen LogP contribution < -0.4 is 10.6 Å². The maximum Gasteiger partial charge on any atom is 0.435 e. The van der Waals surface area contributed by atoms with Gasteiger partial charge in [-0.05, 0) is 56.1 Å². The predicted molar refractivity (Wildman–Crippen MR) is 158 cm³/mol. The Morgan fingerprint density at radius 3 is 2.43 bits per heavy atom. The number of aryl methyl sites for hydroxylation is 1. The molecule has 1 aromatic carbocycles. The molecule has 2 aromatic heterocycles. The molecular formula is C30H34F3N9O4. The van der Waals surface area contributed by atoms with Crippen LogP contribution >= 0.6 is 0 Å². The van der Waals surface area contributed by atoms with Crippen molar-refractivity contribution >= 4 is 23.4 Å². The second kappa shape index (κ2) is 12.9. The number of carbonyl (C=O) groups excluding carboxylic acids is 3. The molecule has 5 rings (SSSR count). The van der Waals surface area contributed by atoms with Gasteiger partial charge in [0.2, 0.25) is 0 Å². The summed E-state index contributed by atoms with van der Waals surface area (Å²) in [5.41, 5.74) is -1.42. The van der Waals surface area contributed by atoms with Gasteiger partial charge < -0.3 is 30.1 Å². The van der Waals surface area contributed by atoms with Crippen LogP contribution in [0.5, 0.6) is 0 Å². The number of rotatable bonds is 7. The Morgan fingerprint density at radius 2 is 1.80 bits per heavy atom. The van der Waals surface area contributed by atoms with Crippen molar-refractivity contribution in [1.82, 2.24) is 34.4 Å². The van der Waals surface area contributed by atoms with E-state index in [0.717, 1.165) is 17.1 Å². The second-order valence-electron chi connectivity index (χ2n) is 11.3. The zero-order chi connectivity index (χ0) is 33.2. The predicted octanol–water partition coefficient (Wildman–Crippen LogP) is 2.04. The number of nitrogens with zero attached hydrogens (tertiary/aromatic N) is 7. The van der Waals surface area contributed by atoms with E-state index in [-0.39, 0.29) is 35.4 Å². The molecule has 0 atom stereocenters. The molecule has 0 spiro atoms. The summed E-state index contributed by atoms with van der Waals surface area (Å²) in [6, 6.07) is 6.58. The van der Waals surface area contributed by atoms with Crippen LogP contribution in [0, 0.1) is 11.3 Å². The lowest BCUT2D eigenvalue weighted by Gasteiger charge is -2.40. The number of halogens is 3. The lowest BCUT2D eigenvalue weighted by atomic mass is 9.90. The van der Waals surface area contributed by atoms with E-state index in [1.165, 1.54) is 11.6 Å². The lowest BCUT2D eigenvalue weighted by molar-refractivity contribution is -0.155. The van der Waals surface area contributed by atoms with E-state index >= 15 is 0 Å². The van der Waals surface area contributed by atoms with Crippen molar-refractivity contribution in [3.05, 3.63) is 53.2 Å². The lowest BCUT2D eigenvalue weighted by Crippen LogP contribution is -2.59. The maximum absolute atomic E-state index is 13.7. The third-order valence-electron chi connectivity index (χ3n) is 8.39. The Labute approximate surface area is 262 Å². The summed E-state index contributed by atoms with van der Waals surface area (Å²) < 4.78 is 43.1. The molecule has 4 heterocycles. The molecule has 2 fully saturated rings. The summed E-state index contributed by atoms with van der Waals surface area (Å²) in [5.74, 6) is -1.35. The van der Waals surface area contributed by atoms with Crippen LogP contribution in [0.1, 0.15) is 52.0 Å². The Bertz CT molecular complexity index is 1680. The Kier molecular flexibility index (Phi) is 9.17. The number of anilines is 1. The Hall–Kier alpha value is -4.75. The zero-order valence-electron chi connectivity index (χ0n) is 25.4. The van der Waals surface area contributed by atoms with Crippen molar-refractivity contribution in [2.45, 2.75) is 44.5 Å². The van der Waals surface area contributed by atoms with Gasteiger partial charge in [-0.25, -0.2) is 4.98 Å². The number of piperidine rings is 1. The van der Waals surface area contributed by atoms with Gasteiger partial charge in [-0.2, -0.15) is 23.5 Å². The van der Waals surface area contributed by atoms with Gasteiger partial charge in [-0.1, -0.05) is 6.92 Å². The van der Waals surface area contributed by atoms with Crippen molar-refractivity contribution in [3.8, 4) is 17.3 Å². The molecule has 2 saturated heterocycles. The fourth-order valence-electron chi connectivity index (χ4n) is 5.83. The van der Waals surface area contributed by atoms with Crippen LogP contribution in [0.15, 0.2) is 30.6 Å². The molecule has 3 aromatic rings. The van der Waals surface area contributed by atoms with Crippen molar-refractivity contribution < 1.29 is 32.7 Å². The average molecular weight is 642 g/mol. The Balaban J connectivity index is 1.27. The number of hydrogen-bond acceptors (Lipinski definition) is 8. The number of alkyl halides is 3. The molecule has 3 N–H and O–H groups in total. The normalized spacial score (nSPS) is 16.6. The number of nitriles is 1. The topological polar surface area (TPSA) is 161 Å². The minimum atomic E-state index is -4.79. The molecule has 13 nitrogen and oxygen atoms in total. The molecule has 3 amide bonds. The largest absolute Gasteiger partial charge is 0.435 e. The van der Waals surface area contributed by atoms with Gasteiger partial charge in [0.25, 0.3) is 17.7 Å². The first kappa shape index (κ1) is 32.6. The number of aromatic nitrogens is 4. The summed E-state index contributed by atoms with van der Waals surface area (Å²) >= 11 is 0. The van der Waals surface area contributed by atoms with Crippen molar-refractivity contribution in [2.24, 2.45) is 7.05 Å². The molecule has 16 heteroatoms. The van der Waals surface area contributed by atoms with Gasteiger partial charge in [0.1, 0.15) is 12.1 Å². The number of piperazine rings is 1. The zero-order valence-corrected chi connectivity index (χ0v) is 25.4. The SMILES string of the molecule is CCc1cc(NC(=O)c2ncc(-c3cn(CC#N)nc3C(F)(F)F)n2C)ccc1C(=O)N1CCN(C(=O)C2(O)CCNCC2)CC1. The van der Waals surface area contributed by atoms with E-state index < -0.39 is 23.4 Å². The third kappa shape index (κ3) is 6.46. The summed E-state index contributed by atoms with van der Waals surface area (Å²) in [5, 5.41) is 29.0. The first-order chi connectivity index (χ1) is 21.9. The molecule has 0 saturated carbocycles. The van der Waals surface area contributed by atoms with E-state index in [0.29, 0.717) is 75.3 Å². The monoisotopic (exact) mass is 641 g/mol. The minimum absolute atomic E-state index is 0.0106. The molecule has 0 aliphatic carbocycles. The molecule has 0 bridgehead atoms. The average Bonchev–Trinajstić information content (AvgIpc) is 3.64. The summed E-state index contributed by atoms with van der Waals surface area (Å²) in [6.45, 7) is 3.87. The first-order valence-electron chi connectivity index (χ1n) is 14.9. The van der Waals surface area contributed by atoms with Gasteiger partial charge in [0.05, 0.1) is 23.5 Å². The maximum atomic E-state index is 13.7. The summed E-state index contributed by atoms with van der Waals surface area (Å²) in [6.07, 6.45) is -1.39. The van der Waals surface area contributed by atoms with E-state index in [9.17, 15) is 32.7 Å². The highest BCUT2D eigenvalue weighted by atomic mass is 19.4. The van der Waals surface area contributed by atoms with E-state index in [1.807, 2.05) is 6.92 Å². The molecule has 46 heavy (non-hydrogen) atoms. The van der Waals surface area contributed by atoms with Gasteiger partial charge in [-0.3, -0.25) is 19.1 Å². The number of nitrogens with one attached hydrogen (secondary N) is 2. The van der Waals surface area contributed by atoms with Gasteiger partial charge in [-0.15, -0.1) is 0 Å². The molecule has 0 radical (unpaired) electrons. The van der Waals surface area contributed by atoms with E-state index in [4.69, 9.17) is 5.26 Å². The fraction of sp³-hybridized carbons (Fsp3) is 0.467. The fourth-order valence-corrected chi connectivity index (χ4v) is 5.83. The molecule has 2 aliphatic heterocycles. The third-order valence-corrected chi connectivity index (χ3v) is 8.39. The quantitative estimate of drug-likeness (QED) is 0.353. The number of amides is 3. The highest BCUT2D eigenvalue weighted by Crippen LogP contribution is 2.36. The van der Waals surface area contributed by atoms with Crippen LogP contribution in [0.4, 0.5) is 18.9 Å². The number of aliphatic hydroxyl groups is 1. The van der Waals surface area contributed by atoms with Crippen molar-refractivity contribution in [1.29, 1.82) is 5.26 Å². The molecule has 2 aliphatic rings. The van der Waals surface area contributed by atoms with Crippen LogP contribution in [-0.2, 0) is 31.0 Å². The Morgan fingerprint density at radius 1 is 1.13 bits per heavy atom. The number of carbonyl (C=O) groups is 3. The number of benzene rings is 1. The van der Waals surface area contributed by atoms with Gasteiger partial charge >= 0.3 is 6.18 Å². The van der Waals surface area contributed by atoms with Crippen molar-refractivity contribution in [2.75, 3.05) is 44.6 Å². The van der Waals surface area contributed by atoms with Gasteiger partial charge in [0.15, 0.2) is 11.5 Å². The molecule has 244 valence electrons. The summed E-state index contributed by atoms with van der Waals surface area (Å²) in [4.78, 5) is 46.9. The summed E-state index contributed by atoms with van der Waals surface area (Å²) in [7, 11) is 1.40. The van der Waals surface area contributed by atoms with Crippen LogP contribution in [-0.4, -0.2) is 96.8 Å². The highest BCUT2D eigenvalue weighted by Gasteiger charge is 2.41. The number of hydrogen-bond donors (Lipinski definition) is 3. The van der Waals surface area contributed by atoms with E-state index in [2.05, 4.69) is 20.7 Å². The standard InChI is InChI=1S/C30H34F3N9O4/c1-3-19-16-20(4-5-21(19)27(44)40-12-14-41(15-13-40)28(45)29(46)6-9-35-10-7-29)37-26(43)25-36-17-23(39(25)2)22-18-42(11-8-34)38-24(22)30(31,32)33/h4-5,16-18,35,46H,3,6-7,9-15H2,1-2H3,(H,37,43). The van der Waals surface area contributed by atoms with E-state index in [1.54, 1.807) is 34.1 Å². The van der Waals surface area contributed by atoms with Crippen LogP contribution in [0.25, 0.3) is 11.3 Å². The second-order valence-corrected chi connectivity index (χ2v) is 11.3. The minimum Gasteiger partial charge on any atom is -0.380 e. The molecule has 0 unspecified atom stereocenters. The first-order valence-corrected chi connectivity index (χ1v) is 14.9.